The van der Waals surface area contributed by atoms with E-state index >= 15 is 0 Å². The van der Waals surface area contributed by atoms with Gasteiger partial charge in [0.15, 0.2) is 0 Å². The molecule has 0 spiro atoms. The summed E-state index contributed by atoms with van der Waals surface area (Å²) in [5.74, 6) is 0.498. The maximum Gasteiger partial charge on any atom is 0.221 e. The third-order valence-corrected chi connectivity index (χ3v) is 2.68. The zero-order valence-electron chi connectivity index (χ0n) is 9.42. The summed E-state index contributed by atoms with van der Waals surface area (Å²) >= 11 is 0. The molecule has 4 heteroatoms. The van der Waals surface area contributed by atoms with E-state index < -0.39 is 5.41 Å². The Hall–Kier alpha value is -1.08. The molecule has 1 aliphatic carbocycles. The van der Waals surface area contributed by atoms with Gasteiger partial charge in [0.1, 0.15) is 0 Å². The van der Waals surface area contributed by atoms with Crippen LogP contribution in [0.25, 0.3) is 0 Å². The summed E-state index contributed by atoms with van der Waals surface area (Å²) in [4.78, 5) is 11.4. The van der Waals surface area contributed by atoms with Gasteiger partial charge in [-0.2, -0.15) is 5.26 Å². The number of carbonyl (C=O) groups excluding carboxylic acids is 1. The van der Waals surface area contributed by atoms with Gasteiger partial charge in [0, 0.05) is 19.0 Å². The molecule has 0 aromatic carbocycles. The molecule has 1 unspecified atom stereocenters. The summed E-state index contributed by atoms with van der Waals surface area (Å²) in [5, 5.41) is 11.5. The summed E-state index contributed by atoms with van der Waals surface area (Å²) in [5.41, 5.74) is 5.33. The molecule has 4 nitrogen and oxygen atoms in total. The number of amides is 1. The van der Waals surface area contributed by atoms with Crippen molar-refractivity contribution in [2.45, 2.75) is 39.2 Å². The second-order valence-corrected chi connectivity index (χ2v) is 4.98. The van der Waals surface area contributed by atoms with Crippen LogP contribution in [0.1, 0.15) is 33.1 Å². The lowest BCUT2D eigenvalue weighted by atomic mass is 9.96. The van der Waals surface area contributed by atoms with E-state index in [1.807, 2.05) is 0 Å². The molecule has 0 heterocycles. The van der Waals surface area contributed by atoms with Crippen LogP contribution < -0.4 is 11.1 Å². The Morgan fingerprint density at radius 1 is 1.67 bits per heavy atom. The maximum atomic E-state index is 11.4. The predicted molar refractivity (Wildman–Crippen MR) is 57.7 cm³/mol. The van der Waals surface area contributed by atoms with Crippen molar-refractivity contribution >= 4 is 5.91 Å². The smallest absolute Gasteiger partial charge is 0.221 e. The van der Waals surface area contributed by atoms with Crippen LogP contribution in [-0.4, -0.2) is 18.5 Å². The second kappa shape index (κ2) is 4.63. The molecule has 1 fully saturated rings. The van der Waals surface area contributed by atoms with Crippen molar-refractivity contribution < 1.29 is 4.79 Å². The van der Waals surface area contributed by atoms with E-state index in [1.165, 1.54) is 0 Å². The van der Waals surface area contributed by atoms with Crippen LogP contribution in [0.3, 0.4) is 0 Å². The van der Waals surface area contributed by atoms with E-state index in [1.54, 1.807) is 13.8 Å². The van der Waals surface area contributed by atoms with E-state index in [-0.39, 0.29) is 11.9 Å². The van der Waals surface area contributed by atoms with Crippen molar-refractivity contribution in [3.05, 3.63) is 0 Å². The van der Waals surface area contributed by atoms with Gasteiger partial charge in [0.2, 0.25) is 5.91 Å². The third kappa shape index (κ3) is 4.30. The van der Waals surface area contributed by atoms with Gasteiger partial charge in [-0.3, -0.25) is 4.79 Å². The summed E-state index contributed by atoms with van der Waals surface area (Å²) in [6, 6.07) is 2.13. The molecule has 0 aromatic rings. The zero-order valence-corrected chi connectivity index (χ0v) is 9.42. The normalized spacial score (nSPS) is 18.0. The van der Waals surface area contributed by atoms with Crippen molar-refractivity contribution in [2.75, 3.05) is 6.54 Å². The van der Waals surface area contributed by atoms with Gasteiger partial charge >= 0.3 is 0 Å². The fourth-order valence-corrected chi connectivity index (χ4v) is 1.34. The Bertz CT molecular complexity index is 276. The molecule has 0 saturated heterocycles. The molecule has 0 radical (unpaired) electrons. The Balaban J connectivity index is 2.21. The van der Waals surface area contributed by atoms with E-state index in [9.17, 15) is 4.79 Å². The minimum absolute atomic E-state index is 0.00445. The van der Waals surface area contributed by atoms with Gasteiger partial charge in [-0.1, -0.05) is 0 Å². The average molecular weight is 209 g/mol. The number of nitrogens with two attached hydrogens (primary N) is 1. The highest BCUT2D eigenvalue weighted by Gasteiger charge is 2.30. The average Bonchev–Trinajstić information content (AvgIpc) is 2.98. The Kier molecular flexibility index (Phi) is 3.70. The van der Waals surface area contributed by atoms with Crippen LogP contribution in [-0.2, 0) is 4.79 Å². The standard InChI is InChI=1S/C11H19N3O/c1-11(2,6-12)7-14-10(15)5-9(13)8-3-4-8/h8-9H,3-5,7,13H2,1-2H3,(H,14,15). The SMILES string of the molecule is CC(C)(C#N)CNC(=O)CC(N)C1CC1. The lowest BCUT2D eigenvalue weighted by Gasteiger charge is -2.17. The third-order valence-electron chi connectivity index (χ3n) is 2.68. The Labute approximate surface area is 90.8 Å². The van der Waals surface area contributed by atoms with Crippen LogP contribution in [0.5, 0.6) is 0 Å². The van der Waals surface area contributed by atoms with E-state index in [2.05, 4.69) is 11.4 Å². The van der Waals surface area contributed by atoms with Gasteiger partial charge in [-0.15, -0.1) is 0 Å². The largest absolute Gasteiger partial charge is 0.354 e. The molecule has 1 aliphatic rings. The summed E-state index contributed by atoms with van der Waals surface area (Å²) in [6.07, 6.45) is 2.68. The van der Waals surface area contributed by atoms with Gasteiger partial charge in [-0.25, -0.2) is 0 Å². The number of hydrogen-bond acceptors (Lipinski definition) is 3. The van der Waals surface area contributed by atoms with Crippen LogP contribution in [0, 0.1) is 22.7 Å². The first-order valence-electron chi connectivity index (χ1n) is 5.38. The van der Waals surface area contributed by atoms with Crippen molar-refractivity contribution in [2.24, 2.45) is 17.1 Å². The quantitative estimate of drug-likeness (QED) is 0.702. The molecule has 1 saturated carbocycles. The van der Waals surface area contributed by atoms with Crippen LogP contribution in [0.4, 0.5) is 0 Å². The molecule has 15 heavy (non-hydrogen) atoms. The second-order valence-electron chi connectivity index (χ2n) is 4.98. The summed E-state index contributed by atoms with van der Waals surface area (Å²) in [6.45, 7) is 3.99. The van der Waals surface area contributed by atoms with Crippen molar-refractivity contribution in [3.63, 3.8) is 0 Å². The number of carbonyl (C=O) groups is 1. The number of rotatable bonds is 5. The number of nitrogens with one attached hydrogen (secondary N) is 1. The predicted octanol–water partition coefficient (Wildman–Crippen LogP) is 0.780. The van der Waals surface area contributed by atoms with Crippen molar-refractivity contribution in [1.82, 2.24) is 5.32 Å². The highest BCUT2D eigenvalue weighted by molar-refractivity contribution is 5.76. The summed E-state index contributed by atoms with van der Waals surface area (Å²) in [7, 11) is 0. The van der Waals surface area contributed by atoms with Gasteiger partial charge < -0.3 is 11.1 Å². The fraction of sp³-hybridized carbons (Fsp3) is 0.818. The highest BCUT2D eigenvalue weighted by atomic mass is 16.1. The number of hydrogen-bond donors (Lipinski definition) is 2. The highest BCUT2D eigenvalue weighted by Crippen LogP contribution is 2.32. The maximum absolute atomic E-state index is 11.4. The summed E-state index contributed by atoms with van der Waals surface area (Å²) < 4.78 is 0. The molecule has 84 valence electrons. The van der Waals surface area contributed by atoms with E-state index in [0.717, 1.165) is 12.8 Å². The van der Waals surface area contributed by atoms with E-state index in [0.29, 0.717) is 18.9 Å². The molecule has 1 amide bonds. The molecule has 0 bridgehead atoms. The minimum atomic E-state index is -0.501. The molecule has 3 N–H and O–H groups in total. The molecule has 0 aliphatic heterocycles. The van der Waals surface area contributed by atoms with Gasteiger partial charge in [-0.05, 0) is 32.6 Å². The van der Waals surface area contributed by atoms with Gasteiger partial charge in [0.25, 0.3) is 0 Å². The van der Waals surface area contributed by atoms with Crippen molar-refractivity contribution in [3.8, 4) is 6.07 Å². The molecule has 1 atom stereocenters. The topological polar surface area (TPSA) is 78.9 Å². The fourth-order valence-electron chi connectivity index (χ4n) is 1.34. The van der Waals surface area contributed by atoms with E-state index in [4.69, 9.17) is 11.0 Å². The van der Waals surface area contributed by atoms with Crippen LogP contribution in [0.15, 0.2) is 0 Å². The molecular weight excluding hydrogens is 190 g/mol. The lowest BCUT2D eigenvalue weighted by molar-refractivity contribution is -0.121. The Morgan fingerprint density at radius 2 is 2.27 bits per heavy atom. The molecule has 0 aromatic heterocycles. The van der Waals surface area contributed by atoms with Crippen molar-refractivity contribution in [1.29, 1.82) is 5.26 Å². The molecule has 1 rings (SSSR count). The van der Waals surface area contributed by atoms with Crippen LogP contribution >= 0.6 is 0 Å². The zero-order chi connectivity index (χ0) is 11.5. The first kappa shape index (κ1) is 12.0. The number of nitriles is 1. The van der Waals surface area contributed by atoms with Gasteiger partial charge in [0.05, 0.1) is 11.5 Å². The van der Waals surface area contributed by atoms with Crippen LogP contribution in [0.2, 0.25) is 0 Å². The number of nitrogens with zero attached hydrogens (tertiary/aromatic N) is 1. The first-order valence-corrected chi connectivity index (χ1v) is 5.38. The first-order chi connectivity index (χ1) is 6.94. The minimum Gasteiger partial charge on any atom is -0.354 e. The lowest BCUT2D eigenvalue weighted by Crippen LogP contribution is -2.37. The Morgan fingerprint density at radius 3 is 2.73 bits per heavy atom. The monoisotopic (exact) mass is 209 g/mol. The molecular formula is C11H19N3O.